The van der Waals surface area contributed by atoms with Crippen molar-refractivity contribution in [2.24, 2.45) is 22.7 Å². The molecule has 132 valence electrons. The van der Waals surface area contributed by atoms with Crippen molar-refractivity contribution in [2.75, 3.05) is 6.61 Å². The van der Waals surface area contributed by atoms with Gasteiger partial charge in [-0.05, 0) is 62.4 Å². The first-order chi connectivity index (χ1) is 11.3. The highest BCUT2D eigenvalue weighted by molar-refractivity contribution is 5.90. The van der Waals surface area contributed by atoms with Crippen LogP contribution in [0.3, 0.4) is 0 Å². The summed E-state index contributed by atoms with van der Waals surface area (Å²) in [5, 5.41) is 9.80. The van der Waals surface area contributed by atoms with E-state index in [-0.39, 0.29) is 11.4 Å². The molecule has 0 aromatic heterocycles. The topological polar surface area (TPSA) is 63.6 Å². The molecule has 1 N–H and O–H groups in total. The molecule has 4 unspecified atom stereocenters. The van der Waals surface area contributed by atoms with Crippen molar-refractivity contribution >= 4 is 11.9 Å². The van der Waals surface area contributed by atoms with E-state index < -0.39 is 11.4 Å². The van der Waals surface area contributed by atoms with E-state index in [4.69, 9.17) is 4.74 Å². The fourth-order valence-corrected chi connectivity index (χ4v) is 4.97. The zero-order valence-electron chi connectivity index (χ0n) is 14.9. The highest BCUT2D eigenvalue weighted by Gasteiger charge is 2.52. The average molecular weight is 332 g/mol. The fourth-order valence-electron chi connectivity index (χ4n) is 4.97. The Kier molecular flexibility index (Phi) is 4.35. The summed E-state index contributed by atoms with van der Waals surface area (Å²) in [4.78, 5) is 23.7. The van der Waals surface area contributed by atoms with Crippen molar-refractivity contribution in [2.45, 2.75) is 59.3 Å². The van der Waals surface area contributed by atoms with Crippen molar-refractivity contribution in [1.29, 1.82) is 0 Å². The minimum Gasteiger partial charge on any atom is -0.481 e. The van der Waals surface area contributed by atoms with Crippen molar-refractivity contribution in [3.8, 4) is 0 Å². The van der Waals surface area contributed by atoms with Gasteiger partial charge in [-0.3, -0.25) is 4.79 Å². The summed E-state index contributed by atoms with van der Waals surface area (Å²) >= 11 is 0. The van der Waals surface area contributed by atoms with E-state index in [0.29, 0.717) is 18.4 Å². The maximum atomic E-state index is 11.9. The quantitative estimate of drug-likeness (QED) is 0.621. The smallest absolute Gasteiger partial charge is 0.334 e. The van der Waals surface area contributed by atoms with Gasteiger partial charge in [0.1, 0.15) is 6.61 Å². The summed E-state index contributed by atoms with van der Waals surface area (Å²) < 4.78 is 5.02. The molecule has 4 nitrogen and oxygen atoms in total. The first-order valence-corrected chi connectivity index (χ1v) is 9.09. The van der Waals surface area contributed by atoms with Crippen molar-refractivity contribution in [1.82, 2.24) is 0 Å². The number of cyclic esters (lactones) is 1. The van der Waals surface area contributed by atoms with Gasteiger partial charge in [-0.15, -0.1) is 0 Å². The lowest BCUT2D eigenvalue weighted by molar-refractivity contribution is -0.148. The third-order valence-corrected chi connectivity index (χ3v) is 7.01. The molecule has 0 amide bonds. The molecule has 4 atom stereocenters. The summed E-state index contributed by atoms with van der Waals surface area (Å²) in [5.74, 6) is -0.0937. The molecule has 0 spiro atoms. The second-order valence-corrected chi connectivity index (χ2v) is 8.21. The minimum absolute atomic E-state index is 0.0327. The number of hydrogen-bond donors (Lipinski definition) is 1. The zero-order chi connectivity index (χ0) is 17.5. The van der Waals surface area contributed by atoms with Crippen LogP contribution in [0.25, 0.3) is 0 Å². The summed E-state index contributed by atoms with van der Waals surface area (Å²) in [6, 6.07) is 0. The van der Waals surface area contributed by atoms with Gasteiger partial charge < -0.3 is 9.84 Å². The van der Waals surface area contributed by atoms with Gasteiger partial charge in [0, 0.05) is 5.57 Å². The number of hydrogen-bond acceptors (Lipinski definition) is 3. The first kappa shape index (κ1) is 17.2. The van der Waals surface area contributed by atoms with Gasteiger partial charge in [-0.1, -0.05) is 31.9 Å². The van der Waals surface area contributed by atoms with Crippen LogP contribution in [0.15, 0.2) is 23.3 Å². The van der Waals surface area contributed by atoms with Crippen LogP contribution in [0, 0.1) is 22.7 Å². The van der Waals surface area contributed by atoms with Gasteiger partial charge in [-0.2, -0.15) is 0 Å². The van der Waals surface area contributed by atoms with Crippen LogP contribution in [-0.2, 0) is 14.3 Å². The van der Waals surface area contributed by atoms with Crippen LogP contribution in [0.1, 0.15) is 59.3 Å². The number of aliphatic carboxylic acids is 1. The number of carboxylic acids is 1. The highest BCUT2D eigenvalue weighted by atomic mass is 16.5. The Morgan fingerprint density at radius 2 is 2.12 bits per heavy atom. The van der Waals surface area contributed by atoms with Crippen molar-refractivity contribution < 1.29 is 19.4 Å². The lowest BCUT2D eigenvalue weighted by atomic mass is 9.51. The molecular weight excluding hydrogens is 304 g/mol. The average Bonchev–Trinajstić information content (AvgIpc) is 2.95. The number of carbonyl (C=O) groups excluding carboxylic acids is 1. The van der Waals surface area contributed by atoms with Gasteiger partial charge in [0.15, 0.2) is 0 Å². The molecule has 0 saturated heterocycles. The van der Waals surface area contributed by atoms with E-state index >= 15 is 0 Å². The molecule has 3 rings (SSSR count). The Labute approximate surface area is 144 Å². The molecule has 24 heavy (non-hydrogen) atoms. The lowest BCUT2D eigenvalue weighted by Gasteiger charge is -2.52. The van der Waals surface area contributed by atoms with Crippen LogP contribution in [-0.4, -0.2) is 23.7 Å². The van der Waals surface area contributed by atoms with Gasteiger partial charge in [-0.25, -0.2) is 4.79 Å². The van der Waals surface area contributed by atoms with E-state index in [1.165, 1.54) is 0 Å². The molecule has 1 aliphatic heterocycles. The summed E-state index contributed by atoms with van der Waals surface area (Å²) in [6.45, 7) is 6.85. The van der Waals surface area contributed by atoms with Crippen LogP contribution in [0.5, 0.6) is 0 Å². The number of carbonyl (C=O) groups is 2. The Balaban J connectivity index is 1.86. The SMILES string of the molecule is CC1CC=C2C(CCCC2(C)C(=O)O)C1(C)CCC1=CCOC1=O. The van der Waals surface area contributed by atoms with Crippen LogP contribution in [0.2, 0.25) is 0 Å². The molecule has 1 fully saturated rings. The number of ether oxygens (including phenoxy) is 1. The molecule has 0 bridgehead atoms. The van der Waals surface area contributed by atoms with Crippen LogP contribution in [0.4, 0.5) is 0 Å². The summed E-state index contributed by atoms with van der Waals surface area (Å²) in [7, 11) is 0. The van der Waals surface area contributed by atoms with Gasteiger partial charge in [0.25, 0.3) is 0 Å². The molecule has 2 aliphatic carbocycles. The zero-order valence-corrected chi connectivity index (χ0v) is 14.9. The molecule has 1 heterocycles. The normalized spacial score (nSPS) is 38.9. The number of rotatable bonds is 4. The van der Waals surface area contributed by atoms with Crippen LogP contribution >= 0.6 is 0 Å². The van der Waals surface area contributed by atoms with Gasteiger partial charge in [0.05, 0.1) is 5.41 Å². The van der Waals surface area contributed by atoms with Gasteiger partial charge >= 0.3 is 11.9 Å². The minimum atomic E-state index is -0.726. The molecule has 4 heteroatoms. The monoisotopic (exact) mass is 332 g/mol. The third-order valence-electron chi connectivity index (χ3n) is 7.01. The van der Waals surface area contributed by atoms with E-state index in [1.54, 1.807) is 0 Å². The molecule has 0 aromatic carbocycles. The Hall–Kier alpha value is -1.58. The Morgan fingerprint density at radius 1 is 1.38 bits per heavy atom. The van der Waals surface area contributed by atoms with Crippen LogP contribution < -0.4 is 0 Å². The third kappa shape index (κ3) is 2.60. The second kappa shape index (κ2) is 6.05. The highest BCUT2D eigenvalue weighted by Crippen LogP contribution is 2.58. The van der Waals surface area contributed by atoms with E-state index in [2.05, 4.69) is 19.9 Å². The number of allylic oxidation sites excluding steroid dienone is 1. The summed E-state index contributed by atoms with van der Waals surface area (Å²) in [6.07, 6.45) is 9.39. The standard InChI is InChI=1S/C20H28O4/c1-13-6-7-16-15(5-4-10-20(16,3)18(22)23)19(13,2)11-8-14-9-12-24-17(14)21/h7,9,13,15H,4-6,8,10-12H2,1-3H3,(H,22,23). The molecule has 0 aromatic rings. The number of fused-ring (bicyclic) bond motifs is 1. The van der Waals surface area contributed by atoms with E-state index in [1.807, 2.05) is 13.0 Å². The first-order valence-electron chi connectivity index (χ1n) is 9.09. The number of carboxylic acid groups (broad SMARTS) is 1. The largest absolute Gasteiger partial charge is 0.481 e. The maximum Gasteiger partial charge on any atom is 0.334 e. The van der Waals surface area contributed by atoms with Crippen molar-refractivity contribution in [3.05, 3.63) is 23.3 Å². The molecular formula is C20H28O4. The van der Waals surface area contributed by atoms with Gasteiger partial charge in [0.2, 0.25) is 0 Å². The van der Waals surface area contributed by atoms with E-state index in [9.17, 15) is 14.7 Å². The second-order valence-electron chi connectivity index (χ2n) is 8.21. The summed E-state index contributed by atoms with van der Waals surface area (Å²) in [5.41, 5.74) is 1.22. The number of esters is 1. The predicted molar refractivity (Wildman–Crippen MR) is 91.3 cm³/mol. The Morgan fingerprint density at radius 3 is 2.75 bits per heavy atom. The fraction of sp³-hybridized carbons (Fsp3) is 0.700. The molecule has 0 radical (unpaired) electrons. The van der Waals surface area contributed by atoms with Crippen molar-refractivity contribution in [3.63, 3.8) is 0 Å². The Bertz CT molecular complexity index is 617. The predicted octanol–water partition coefficient (Wildman–Crippen LogP) is 4.11. The maximum absolute atomic E-state index is 11.9. The molecule has 3 aliphatic rings. The molecule has 1 saturated carbocycles. The van der Waals surface area contributed by atoms with E-state index in [0.717, 1.165) is 49.7 Å². The lowest BCUT2D eigenvalue weighted by Crippen LogP contribution is -2.46.